The smallest absolute Gasteiger partial charge is 0.319 e. The number of hydrogen-bond acceptors (Lipinski definition) is 3. The lowest BCUT2D eigenvalue weighted by Gasteiger charge is -2.33. The van der Waals surface area contributed by atoms with Crippen LogP contribution in [0.3, 0.4) is 0 Å². The summed E-state index contributed by atoms with van der Waals surface area (Å²) in [5, 5.41) is 30.7. The van der Waals surface area contributed by atoms with Crippen molar-refractivity contribution in [3.05, 3.63) is 71.8 Å². The molecule has 4 heteroatoms. The molecule has 2 rings (SSSR count). The molecule has 25 heavy (non-hydrogen) atoms. The van der Waals surface area contributed by atoms with E-state index >= 15 is 0 Å². The van der Waals surface area contributed by atoms with Crippen molar-refractivity contribution < 1.29 is 15.0 Å². The standard InChI is InChI=1S/C21H19NO3/c1-2-3-14-18(20(23)24)19(16-10-6-4-7-11-16)21(25,15-22)17-12-8-5-9-13-17/h4-13,18-19,25H,2H2,1H3,(H,23,24). The lowest BCUT2D eigenvalue weighted by Crippen LogP contribution is -2.39. The second-order valence-electron chi connectivity index (χ2n) is 5.62. The van der Waals surface area contributed by atoms with Gasteiger partial charge < -0.3 is 10.2 Å². The fourth-order valence-electron chi connectivity index (χ4n) is 2.84. The van der Waals surface area contributed by atoms with Crippen LogP contribution < -0.4 is 0 Å². The van der Waals surface area contributed by atoms with E-state index < -0.39 is 23.4 Å². The van der Waals surface area contributed by atoms with E-state index in [0.29, 0.717) is 17.5 Å². The van der Waals surface area contributed by atoms with Gasteiger partial charge in [0.25, 0.3) is 0 Å². The van der Waals surface area contributed by atoms with E-state index in [4.69, 9.17) is 0 Å². The molecule has 0 aliphatic rings. The van der Waals surface area contributed by atoms with Crippen molar-refractivity contribution in [2.75, 3.05) is 0 Å². The SMILES string of the molecule is CCC#CC(C(=O)O)C(c1ccccc1)C(O)(C#N)c1ccccc1. The summed E-state index contributed by atoms with van der Waals surface area (Å²) in [6.45, 7) is 1.82. The van der Waals surface area contributed by atoms with Crippen LogP contribution in [0.5, 0.6) is 0 Å². The number of carbonyl (C=O) groups is 1. The zero-order valence-electron chi connectivity index (χ0n) is 13.9. The molecule has 0 saturated carbocycles. The zero-order valence-corrected chi connectivity index (χ0v) is 13.9. The number of rotatable bonds is 5. The van der Waals surface area contributed by atoms with Crippen LogP contribution in [0.1, 0.15) is 30.4 Å². The summed E-state index contributed by atoms with van der Waals surface area (Å²) in [6, 6.07) is 19.0. The van der Waals surface area contributed by atoms with Gasteiger partial charge in [-0.15, -0.1) is 5.92 Å². The van der Waals surface area contributed by atoms with Crippen LogP contribution in [0.15, 0.2) is 60.7 Å². The van der Waals surface area contributed by atoms with Crippen LogP contribution in [0.25, 0.3) is 0 Å². The van der Waals surface area contributed by atoms with E-state index in [9.17, 15) is 20.3 Å². The maximum Gasteiger partial charge on any atom is 0.319 e. The summed E-state index contributed by atoms with van der Waals surface area (Å²) in [4.78, 5) is 11.9. The molecule has 0 aliphatic carbocycles. The van der Waals surface area contributed by atoms with Gasteiger partial charge in [0.1, 0.15) is 12.0 Å². The summed E-state index contributed by atoms with van der Waals surface area (Å²) in [6.07, 6.45) is 0.488. The van der Waals surface area contributed by atoms with Crippen molar-refractivity contribution in [1.82, 2.24) is 0 Å². The lowest BCUT2D eigenvalue weighted by atomic mass is 9.71. The molecule has 0 heterocycles. The molecule has 3 atom stereocenters. The van der Waals surface area contributed by atoms with Gasteiger partial charge >= 0.3 is 5.97 Å². The molecule has 0 aromatic heterocycles. The van der Waals surface area contributed by atoms with Gasteiger partial charge in [0, 0.05) is 6.42 Å². The summed E-state index contributed by atoms with van der Waals surface area (Å²) in [5.74, 6) is 2.08. The molecule has 0 aliphatic heterocycles. The van der Waals surface area contributed by atoms with Crippen LogP contribution >= 0.6 is 0 Å². The lowest BCUT2D eigenvalue weighted by molar-refractivity contribution is -0.142. The number of carboxylic acids is 1. The van der Waals surface area contributed by atoms with Crippen LogP contribution in [0.2, 0.25) is 0 Å². The van der Waals surface area contributed by atoms with E-state index in [0.717, 1.165) is 0 Å². The van der Waals surface area contributed by atoms with Gasteiger partial charge in [0.2, 0.25) is 0 Å². The fourth-order valence-corrected chi connectivity index (χ4v) is 2.84. The maximum absolute atomic E-state index is 11.9. The van der Waals surface area contributed by atoms with Crippen molar-refractivity contribution in [2.24, 2.45) is 5.92 Å². The second-order valence-corrected chi connectivity index (χ2v) is 5.62. The number of benzene rings is 2. The number of aliphatic carboxylic acids is 1. The first-order valence-electron chi connectivity index (χ1n) is 8.00. The first-order valence-corrected chi connectivity index (χ1v) is 8.00. The molecule has 2 aromatic rings. The molecule has 126 valence electrons. The van der Waals surface area contributed by atoms with Gasteiger partial charge in [0.15, 0.2) is 5.60 Å². The molecule has 0 spiro atoms. The number of nitrogens with zero attached hydrogens (tertiary/aromatic N) is 1. The summed E-state index contributed by atoms with van der Waals surface area (Å²) in [7, 11) is 0. The highest BCUT2D eigenvalue weighted by Gasteiger charge is 2.46. The van der Waals surface area contributed by atoms with Gasteiger partial charge in [0.05, 0.1) is 5.92 Å². The van der Waals surface area contributed by atoms with E-state index in [1.54, 1.807) is 60.7 Å². The highest BCUT2D eigenvalue weighted by molar-refractivity contribution is 5.76. The number of carboxylic acid groups (broad SMARTS) is 1. The summed E-state index contributed by atoms with van der Waals surface area (Å²) in [5.41, 5.74) is -1.13. The topological polar surface area (TPSA) is 81.3 Å². The van der Waals surface area contributed by atoms with Crippen LogP contribution in [-0.4, -0.2) is 16.2 Å². The molecule has 0 fully saturated rings. The Morgan fingerprint density at radius 2 is 1.68 bits per heavy atom. The molecule has 3 unspecified atom stereocenters. The Balaban J connectivity index is 2.70. The molecule has 0 bridgehead atoms. The molecule has 2 aromatic carbocycles. The average Bonchev–Trinajstić information content (AvgIpc) is 2.65. The Hall–Kier alpha value is -3.08. The normalized spacial score (nSPS) is 14.9. The summed E-state index contributed by atoms with van der Waals surface area (Å²) >= 11 is 0. The third kappa shape index (κ3) is 3.88. The van der Waals surface area contributed by atoms with Crippen molar-refractivity contribution >= 4 is 5.97 Å². The van der Waals surface area contributed by atoms with Gasteiger partial charge in [-0.2, -0.15) is 5.26 Å². The second kappa shape index (κ2) is 8.15. The van der Waals surface area contributed by atoms with Gasteiger partial charge in [-0.05, 0) is 11.1 Å². The number of nitriles is 1. The molecule has 4 nitrogen and oxygen atoms in total. The Morgan fingerprint density at radius 3 is 2.16 bits per heavy atom. The summed E-state index contributed by atoms with van der Waals surface area (Å²) < 4.78 is 0. The number of aliphatic hydroxyl groups is 1. The maximum atomic E-state index is 11.9. The van der Waals surface area contributed by atoms with E-state index in [-0.39, 0.29) is 0 Å². The average molecular weight is 333 g/mol. The van der Waals surface area contributed by atoms with E-state index in [1.807, 2.05) is 13.0 Å². The van der Waals surface area contributed by atoms with Crippen molar-refractivity contribution in [2.45, 2.75) is 24.9 Å². The monoisotopic (exact) mass is 333 g/mol. The van der Waals surface area contributed by atoms with E-state index in [2.05, 4.69) is 11.8 Å². The van der Waals surface area contributed by atoms with Gasteiger partial charge in [-0.25, -0.2) is 0 Å². The first kappa shape index (κ1) is 18.3. The highest BCUT2D eigenvalue weighted by atomic mass is 16.4. The zero-order chi connectivity index (χ0) is 18.3. The van der Waals surface area contributed by atoms with Crippen molar-refractivity contribution in [3.63, 3.8) is 0 Å². The molecule has 2 N–H and O–H groups in total. The highest BCUT2D eigenvalue weighted by Crippen LogP contribution is 2.41. The van der Waals surface area contributed by atoms with Crippen LogP contribution in [-0.2, 0) is 10.4 Å². The minimum absolute atomic E-state index is 0.343. The Kier molecular flexibility index (Phi) is 5.95. The van der Waals surface area contributed by atoms with Crippen LogP contribution in [0, 0.1) is 29.1 Å². The molecule has 0 saturated heterocycles. The molecule has 0 amide bonds. The number of hydrogen-bond donors (Lipinski definition) is 2. The largest absolute Gasteiger partial charge is 0.480 e. The van der Waals surface area contributed by atoms with E-state index in [1.165, 1.54) is 0 Å². The van der Waals surface area contributed by atoms with Gasteiger partial charge in [-0.1, -0.05) is 73.5 Å². The third-order valence-corrected chi connectivity index (χ3v) is 4.03. The minimum Gasteiger partial charge on any atom is -0.480 e. The molecular weight excluding hydrogens is 314 g/mol. The first-order chi connectivity index (χ1) is 12.0. The molecular formula is C21H19NO3. The Morgan fingerprint density at radius 1 is 1.12 bits per heavy atom. The predicted octanol–water partition coefficient (Wildman–Crippen LogP) is 3.30. The van der Waals surface area contributed by atoms with Crippen molar-refractivity contribution in [1.29, 1.82) is 5.26 Å². The Labute approximate surface area is 147 Å². The fraction of sp³-hybridized carbons (Fsp3) is 0.238. The third-order valence-electron chi connectivity index (χ3n) is 4.03. The predicted molar refractivity (Wildman–Crippen MR) is 94.3 cm³/mol. The molecule has 0 radical (unpaired) electrons. The minimum atomic E-state index is -2.02. The Bertz CT molecular complexity index is 815. The quantitative estimate of drug-likeness (QED) is 0.650. The van der Waals surface area contributed by atoms with Crippen molar-refractivity contribution in [3.8, 4) is 17.9 Å². The van der Waals surface area contributed by atoms with Gasteiger partial charge in [-0.3, -0.25) is 4.79 Å². The van der Waals surface area contributed by atoms with Crippen LogP contribution in [0.4, 0.5) is 0 Å².